The lowest BCUT2D eigenvalue weighted by molar-refractivity contribution is -0.113. The highest BCUT2D eigenvalue weighted by atomic mass is 32.2. The Morgan fingerprint density at radius 2 is 1.73 bits per heavy atom. The van der Waals surface area contributed by atoms with Crippen molar-refractivity contribution in [3.8, 4) is 11.5 Å². The van der Waals surface area contributed by atoms with E-state index in [0.717, 1.165) is 21.4 Å². The second kappa shape index (κ2) is 8.49. The van der Waals surface area contributed by atoms with Gasteiger partial charge in [-0.3, -0.25) is 9.69 Å². The molecule has 1 fully saturated rings. The third-order valence-corrected chi connectivity index (χ3v) is 7.57. The van der Waals surface area contributed by atoms with Crippen molar-refractivity contribution in [3.63, 3.8) is 0 Å². The van der Waals surface area contributed by atoms with Crippen LogP contribution < -0.4 is 14.5 Å². The molecule has 5 rings (SSSR count). The van der Waals surface area contributed by atoms with Crippen molar-refractivity contribution >= 4 is 51.7 Å². The lowest BCUT2D eigenvalue weighted by Crippen LogP contribution is -2.29. The predicted octanol–water partition coefficient (Wildman–Crippen LogP) is 5.72. The van der Waals surface area contributed by atoms with Crippen LogP contribution in [0.15, 0.2) is 86.6 Å². The van der Waals surface area contributed by atoms with Crippen LogP contribution in [0.5, 0.6) is 11.5 Å². The Kier molecular flexibility index (Phi) is 5.51. The van der Waals surface area contributed by atoms with E-state index in [1.54, 1.807) is 31.4 Å². The minimum atomic E-state index is -0.357. The molecule has 166 valence electrons. The first-order chi connectivity index (χ1) is 15.9. The summed E-state index contributed by atoms with van der Waals surface area (Å²) in [5, 5.41) is 10.9. The third-order valence-electron chi connectivity index (χ3n) is 5.17. The van der Waals surface area contributed by atoms with Crippen LogP contribution in [-0.4, -0.2) is 30.3 Å². The zero-order chi connectivity index (χ0) is 23.1. The molecule has 0 atom stereocenters. The van der Waals surface area contributed by atoms with Crippen molar-refractivity contribution < 1.29 is 19.0 Å². The van der Waals surface area contributed by atoms with Gasteiger partial charge in [-0.2, -0.15) is 0 Å². The molecule has 0 aliphatic carbocycles. The van der Waals surface area contributed by atoms with Crippen LogP contribution in [0.3, 0.4) is 0 Å². The molecular weight excluding hydrogens is 461 g/mol. The summed E-state index contributed by atoms with van der Waals surface area (Å²) in [5.74, 6) is 0.261. The minimum Gasteiger partial charge on any atom is -0.508 e. The number of carbonyl (C=O) groups excluding carboxylic acids is 1. The van der Waals surface area contributed by atoms with E-state index in [-0.39, 0.29) is 17.5 Å². The summed E-state index contributed by atoms with van der Waals surface area (Å²) in [7, 11) is 3.53. The second-order valence-corrected chi connectivity index (χ2v) is 9.27. The number of phenols is 1. The van der Waals surface area contributed by atoms with Gasteiger partial charge >= 0.3 is 0 Å². The average Bonchev–Trinajstić information content (AvgIpc) is 3.31. The van der Waals surface area contributed by atoms with Gasteiger partial charge < -0.3 is 14.7 Å². The van der Waals surface area contributed by atoms with Crippen molar-refractivity contribution in [1.29, 1.82) is 0 Å². The zero-order valence-electron chi connectivity index (χ0n) is 17.7. The van der Waals surface area contributed by atoms with Crippen LogP contribution in [0.25, 0.3) is 0 Å². The van der Waals surface area contributed by atoms with E-state index in [9.17, 15) is 14.3 Å². The number of rotatable bonds is 3. The number of hydrogen-bond acceptors (Lipinski definition) is 7. The molecule has 0 unspecified atom stereocenters. The first-order valence-electron chi connectivity index (χ1n) is 9.94. The van der Waals surface area contributed by atoms with Gasteiger partial charge in [0.05, 0.1) is 29.2 Å². The summed E-state index contributed by atoms with van der Waals surface area (Å²) in [6.07, 6.45) is 0. The van der Waals surface area contributed by atoms with E-state index in [4.69, 9.17) is 4.74 Å². The van der Waals surface area contributed by atoms with Gasteiger partial charge in [0.25, 0.3) is 5.91 Å². The Hall–Kier alpha value is -3.43. The molecule has 6 nitrogen and oxygen atoms in total. The van der Waals surface area contributed by atoms with Gasteiger partial charge in [0.1, 0.15) is 22.2 Å². The highest BCUT2D eigenvalue weighted by Gasteiger charge is 2.40. The van der Waals surface area contributed by atoms with Gasteiger partial charge in [0.15, 0.2) is 5.17 Å². The second-order valence-electron chi connectivity index (χ2n) is 7.26. The highest BCUT2D eigenvalue weighted by molar-refractivity contribution is 8.20. The van der Waals surface area contributed by atoms with Gasteiger partial charge in [-0.1, -0.05) is 11.8 Å². The molecule has 1 saturated heterocycles. The predicted molar refractivity (Wildman–Crippen MR) is 131 cm³/mol. The van der Waals surface area contributed by atoms with Crippen LogP contribution >= 0.6 is 23.5 Å². The molecule has 1 N–H and O–H groups in total. The number of aliphatic imine (C=N–C) groups is 1. The number of amides is 1. The molecule has 0 aromatic heterocycles. The van der Waals surface area contributed by atoms with Crippen LogP contribution in [0.1, 0.15) is 0 Å². The van der Waals surface area contributed by atoms with E-state index < -0.39 is 0 Å². The van der Waals surface area contributed by atoms with Gasteiger partial charge in [-0.05, 0) is 72.4 Å². The topological polar surface area (TPSA) is 65.4 Å². The Bertz CT molecular complexity index is 1310. The summed E-state index contributed by atoms with van der Waals surface area (Å²) in [4.78, 5) is 23.3. The lowest BCUT2D eigenvalue weighted by atomic mass is 10.2. The fourth-order valence-electron chi connectivity index (χ4n) is 3.49. The molecule has 33 heavy (non-hydrogen) atoms. The zero-order valence-corrected chi connectivity index (χ0v) is 19.3. The van der Waals surface area contributed by atoms with Crippen molar-refractivity contribution in [1.82, 2.24) is 0 Å². The number of carbonyl (C=O) groups is 1. The molecule has 0 radical (unpaired) electrons. The summed E-state index contributed by atoms with van der Waals surface area (Å²) < 4.78 is 18.7. The molecule has 2 aliphatic heterocycles. The van der Waals surface area contributed by atoms with E-state index in [1.807, 2.05) is 30.1 Å². The SMILES string of the molecule is COc1ccc2c(c1)N(C)C(=C1SC(=Nc3ccc(F)cc3)N(c3ccc(O)cc3)C1=O)S2. The van der Waals surface area contributed by atoms with Gasteiger partial charge in [-0.25, -0.2) is 9.38 Å². The van der Waals surface area contributed by atoms with Crippen LogP contribution in [-0.2, 0) is 4.79 Å². The number of thioether (sulfide) groups is 2. The molecule has 0 bridgehead atoms. The fourth-order valence-corrected chi connectivity index (χ4v) is 5.81. The number of amidine groups is 1. The number of anilines is 2. The van der Waals surface area contributed by atoms with E-state index in [1.165, 1.54) is 52.7 Å². The maximum absolute atomic E-state index is 13.6. The highest BCUT2D eigenvalue weighted by Crippen LogP contribution is 2.51. The molecule has 3 aromatic carbocycles. The van der Waals surface area contributed by atoms with E-state index in [0.29, 0.717) is 21.4 Å². The Labute approximate surface area is 198 Å². The van der Waals surface area contributed by atoms with Gasteiger partial charge in [-0.15, -0.1) is 0 Å². The maximum atomic E-state index is 13.6. The number of ether oxygens (including phenoxy) is 1. The maximum Gasteiger partial charge on any atom is 0.274 e. The van der Waals surface area contributed by atoms with E-state index >= 15 is 0 Å². The van der Waals surface area contributed by atoms with Crippen LogP contribution in [0, 0.1) is 5.82 Å². The molecule has 2 aliphatic rings. The number of aromatic hydroxyl groups is 1. The molecule has 9 heteroatoms. The standard InChI is InChI=1S/C24H18FN3O3S2/c1-27-19-13-18(31-2)11-12-20(19)32-23(27)21-22(30)28(16-7-9-17(29)10-8-16)24(33-21)26-15-5-3-14(25)4-6-15/h3-13,29H,1-2H3. The Balaban J connectivity index is 1.59. The molecule has 3 aromatic rings. The summed E-state index contributed by atoms with van der Waals surface area (Å²) in [5.41, 5.74) is 2.06. The third kappa shape index (κ3) is 3.94. The van der Waals surface area contributed by atoms with Crippen LogP contribution in [0.2, 0.25) is 0 Å². The molecule has 1 amide bonds. The molecule has 0 spiro atoms. The number of hydrogen-bond donors (Lipinski definition) is 1. The number of benzene rings is 3. The number of nitrogens with zero attached hydrogens (tertiary/aromatic N) is 3. The normalized spacial score (nSPS) is 18.9. The Morgan fingerprint density at radius 1 is 1.00 bits per heavy atom. The Morgan fingerprint density at radius 3 is 2.42 bits per heavy atom. The van der Waals surface area contributed by atoms with Crippen molar-refractivity contribution in [2.75, 3.05) is 24.0 Å². The quantitative estimate of drug-likeness (QED) is 0.485. The van der Waals surface area contributed by atoms with Crippen molar-refractivity contribution in [2.24, 2.45) is 4.99 Å². The molecule has 2 heterocycles. The van der Waals surface area contributed by atoms with Crippen molar-refractivity contribution in [3.05, 3.63) is 82.5 Å². The number of halogens is 1. The minimum absolute atomic E-state index is 0.101. The number of phenolic OH excluding ortho intramolecular Hbond substituents is 1. The summed E-state index contributed by atoms with van der Waals surface area (Å²) >= 11 is 2.77. The smallest absolute Gasteiger partial charge is 0.274 e. The number of methoxy groups -OCH3 is 1. The van der Waals surface area contributed by atoms with Crippen molar-refractivity contribution in [2.45, 2.75) is 4.90 Å². The monoisotopic (exact) mass is 479 g/mol. The van der Waals surface area contributed by atoms with Gasteiger partial charge in [0.2, 0.25) is 0 Å². The average molecular weight is 480 g/mol. The van der Waals surface area contributed by atoms with E-state index in [2.05, 4.69) is 4.99 Å². The summed E-state index contributed by atoms with van der Waals surface area (Å²) in [6.45, 7) is 0. The van der Waals surface area contributed by atoms with Gasteiger partial charge in [0, 0.05) is 18.0 Å². The molecular formula is C24H18FN3O3S2. The first-order valence-corrected chi connectivity index (χ1v) is 11.6. The van der Waals surface area contributed by atoms with Crippen LogP contribution in [0.4, 0.5) is 21.5 Å². The lowest BCUT2D eigenvalue weighted by Gasteiger charge is -2.17. The fraction of sp³-hybridized carbons (Fsp3) is 0.0833. The number of fused-ring (bicyclic) bond motifs is 1. The molecule has 0 saturated carbocycles. The first kappa shape index (κ1) is 21.4. The summed E-state index contributed by atoms with van der Waals surface area (Å²) in [6, 6.07) is 17.9. The largest absolute Gasteiger partial charge is 0.508 e.